The van der Waals surface area contributed by atoms with Gasteiger partial charge in [-0.05, 0) is 24.1 Å². The first-order valence-corrected chi connectivity index (χ1v) is 5.90. The fraction of sp³-hybridized carbons (Fsp3) is 0.333. The number of rotatable bonds is 4. The van der Waals surface area contributed by atoms with Crippen molar-refractivity contribution in [2.24, 2.45) is 0 Å². The van der Waals surface area contributed by atoms with Crippen molar-refractivity contribution in [2.75, 3.05) is 0 Å². The van der Waals surface area contributed by atoms with Crippen LogP contribution in [0.3, 0.4) is 0 Å². The van der Waals surface area contributed by atoms with Gasteiger partial charge in [-0.15, -0.1) is 0 Å². The fourth-order valence-electron chi connectivity index (χ4n) is 1.73. The third-order valence-corrected chi connectivity index (χ3v) is 2.73. The molecule has 0 aliphatic carbocycles. The van der Waals surface area contributed by atoms with Gasteiger partial charge in [-0.3, -0.25) is 0 Å². The Kier molecular flexibility index (Phi) is 3.76. The van der Waals surface area contributed by atoms with E-state index in [0.717, 1.165) is 13.0 Å². The number of imidazole rings is 1. The fourth-order valence-corrected chi connectivity index (χ4v) is 1.92. The molecule has 17 heavy (non-hydrogen) atoms. The molecule has 0 saturated carbocycles. The minimum atomic E-state index is -0.767. The molecule has 0 unspecified atom stereocenters. The van der Waals surface area contributed by atoms with Crippen LogP contribution < -0.4 is 0 Å². The zero-order valence-electron chi connectivity index (χ0n) is 9.55. The van der Waals surface area contributed by atoms with Crippen LogP contribution in [-0.2, 0) is 6.54 Å². The van der Waals surface area contributed by atoms with Gasteiger partial charge in [0.1, 0.15) is 17.1 Å². The molecule has 0 fully saturated rings. The van der Waals surface area contributed by atoms with Gasteiger partial charge in [-0.2, -0.15) is 0 Å². The van der Waals surface area contributed by atoms with Crippen molar-refractivity contribution in [2.45, 2.75) is 26.0 Å². The van der Waals surface area contributed by atoms with E-state index in [1.54, 1.807) is 24.5 Å². The number of halogens is 1. The summed E-state index contributed by atoms with van der Waals surface area (Å²) in [5, 5.41) is 10.6. The third kappa shape index (κ3) is 2.65. The van der Waals surface area contributed by atoms with Crippen LogP contribution in [0.2, 0.25) is 5.15 Å². The van der Waals surface area contributed by atoms with E-state index in [0.29, 0.717) is 16.5 Å². The Morgan fingerprint density at radius 2 is 2.24 bits per heavy atom. The largest absolute Gasteiger partial charge is 0.380 e. The van der Waals surface area contributed by atoms with Gasteiger partial charge in [0, 0.05) is 25.1 Å². The highest BCUT2D eigenvalue weighted by molar-refractivity contribution is 6.29. The zero-order valence-corrected chi connectivity index (χ0v) is 10.3. The summed E-state index contributed by atoms with van der Waals surface area (Å²) in [6.07, 6.45) is 5.36. The summed E-state index contributed by atoms with van der Waals surface area (Å²) in [6.45, 7) is 2.92. The molecular formula is C12H14ClN3O. The van der Waals surface area contributed by atoms with Crippen molar-refractivity contribution in [1.29, 1.82) is 0 Å². The molecule has 0 bridgehead atoms. The molecule has 2 rings (SSSR count). The lowest BCUT2D eigenvalue weighted by Gasteiger charge is -2.13. The van der Waals surface area contributed by atoms with Crippen molar-refractivity contribution in [1.82, 2.24) is 14.5 Å². The monoisotopic (exact) mass is 251 g/mol. The number of hydrogen-bond donors (Lipinski definition) is 1. The SMILES string of the molecule is CCCn1ccnc1[C@H](O)c1ccnc(Cl)c1. The summed E-state index contributed by atoms with van der Waals surface area (Å²) in [5.74, 6) is 0.633. The van der Waals surface area contributed by atoms with Gasteiger partial charge in [-0.25, -0.2) is 9.97 Å². The van der Waals surface area contributed by atoms with Crippen LogP contribution in [0, 0.1) is 0 Å². The first-order chi connectivity index (χ1) is 8.22. The molecule has 0 saturated heterocycles. The van der Waals surface area contributed by atoms with E-state index in [2.05, 4.69) is 16.9 Å². The summed E-state index contributed by atoms with van der Waals surface area (Å²) < 4.78 is 1.94. The summed E-state index contributed by atoms with van der Waals surface area (Å²) in [6, 6.07) is 3.39. The Hall–Kier alpha value is -1.39. The van der Waals surface area contributed by atoms with E-state index >= 15 is 0 Å². The van der Waals surface area contributed by atoms with E-state index in [1.807, 2.05) is 10.8 Å². The molecule has 1 atom stereocenters. The number of hydrogen-bond acceptors (Lipinski definition) is 3. The molecule has 1 N–H and O–H groups in total. The summed E-state index contributed by atoms with van der Waals surface area (Å²) in [7, 11) is 0. The van der Waals surface area contributed by atoms with Gasteiger partial charge in [0.25, 0.3) is 0 Å². The van der Waals surface area contributed by atoms with E-state index < -0.39 is 6.10 Å². The van der Waals surface area contributed by atoms with Gasteiger partial charge in [0.2, 0.25) is 0 Å². The molecule has 0 radical (unpaired) electrons. The quantitative estimate of drug-likeness (QED) is 0.849. The number of aryl methyl sites for hydroxylation is 1. The second kappa shape index (κ2) is 5.29. The lowest BCUT2D eigenvalue weighted by atomic mass is 10.1. The maximum Gasteiger partial charge on any atom is 0.142 e. The normalized spacial score (nSPS) is 12.6. The Morgan fingerprint density at radius 3 is 2.94 bits per heavy atom. The van der Waals surface area contributed by atoms with Crippen LogP contribution in [0.15, 0.2) is 30.7 Å². The smallest absolute Gasteiger partial charge is 0.142 e. The van der Waals surface area contributed by atoms with Crippen molar-refractivity contribution < 1.29 is 5.11 Å². The van der Waals surface area contributed by atoms with Crippen LogP contribution >= 0.6 is 11.6 Å². The zero-order chi connectivity index (χ0) is 12.3. The van der Waals surface area contributed by atoms with Crippen LogP contribution in [0.4, 0.5) is 0 Å². The number of aliphatic hydroxyl groups excluding tert-OH is 1. The van der Waals surface area contributed by atoms with E-state index in [-0.39, 0.29) is 0 Å². The van der Waals surface area contributed by atoms with Crippen LogP contribution in [0.5, 0.6) is 0 Å². The maximum absolute atomic E-state index is 10.2. The number of nitrogens with zero attached hydrogens (tertiary/aromatic N) is 3. The summed E-state index contributed by atoms with van der Waals surface area (Å²) in [4.78, 5) is 8.08. The van der Waals surface area contributed by atoms with E-state index in [1.165, 1.54) is 0 Å². The molecule has 0 spiro atoms. The molecule has 0 aliphatic rings. The minimum absolute atomic E-state index is 0.371. The number of aromatic nitrogens is 3. The highest BCUT2D eigenvalue weighted by atomic mass is 35.5. The van der Waals surface area contributed by atoms with Gasteiger partial charge in [0.05, 0.1) is 0 Å². The molecule has 90 valence electrons. The minimum Gasteiger partial charge on any atom is -0.380 e. The summed E-state index contributed by atoms with van der Waals surface area (Å²) in [5.41, 5.74) is 0.702. The molecule has 2 aromatic heterocycles. The molecule has 0 aliphatic heterocycles. The van der Waals surface area contributed by atoms with Gasteiger partial charge >= 0.3 is 0 Å². The predicted octanol–water partition coefficient (Wildman–Crippen LogP) is 2.42. The highest BCUT2D eigenvalue weighted by Gasteiger charge is 2.16. The van der Waals surface area contributed by atoms with Crippen LogP contribution in [0.25, 0.3) is 0 Å². The highest BCUT2D eigenvalue weighted by Crippen LogP contribution is 2.22. The van der Waals surface area contributed by atoms with Crippen molar-refractivity contribution in [3.63, 3.8) is 0 Å². The van der Waals surface area contributed by atoms with Gasteiger partial charge in [0.15, 0.2) is 0 Å². The first-order valence-electron chi connectivity index (χ1n) is 5.53. The van der Waals surface area contributed by atoms with E-state index in [9.17, 15) is 5.11 Å². The molecule has 5 heteroatoms. The Bertz CT molecular complexity index is 498. The molecule has 4 nitrogen and oxygen atoms in total. The topological polar surface area (TPSA) is 50.9 Å². The van der Waals surface area contributed by atoms with Gasteiger partial charge in [-0.1, -0.05) is 18.5 Å². The second-order valence-electron chi connectivity index (χ2n) is 3.79. The average Bonchev–Trinajstić information content (AvgIpc) is 2.77. The number of pyridine rings is 1. The number of aliphatic hydroxyl groups is 1. The maximum atomic E-state index is 10.2. The second-order valence-corrected chi connectivity index (χ2v) is 4.18. The predicted molar refractivity (Wildman–Crippen MR) is 65.8 cm³/mol. The van der Waals surface area contributed by atoms with Crippen molar-refractivity contribution in [3.05, 3.63) is 47.3 Å². The summed E-state index contributed by atoms with van der Waals surface area (Å²) >= 11 is 5.80. The van der Waals surface area contributed by atoms with Crippen molar-refractivity contribution >= 4 is 11.6 Å². The van der Waals surface area contributed by atoms with Crippen molar-refractivity contribution in [3.8, 4) is 0 Å². The lowest BCUT2D eigenvalue weighted by Crippen LogP contribution is -2.09. The lowest BCUT2D eigenvalue weighted by molar-refractivity contribution is 0.204. The molecule has 2 aromatic rings. The van der Waals surface area contributed by atoms with Crippen LogP contribution in [-0.4, -0.2) is 19.6 Å². The third-order valence-electron chi connectivity index (χ3n) is 2.52. The Labute approximate surface area is 105 Å². The van der Waals surface area contributed by atoms with Crippen LogP contribution in [0.1, 0.15) is 30.8 Å². The molecule has 0 aromatic carbocycles. The molecule has 0 amide bonds. The molecular weight excluding hydrogens is 238 g/mol. The Morgan fingerprint density at radius 1 is 1.41 bits per heavy atom. The first kappa shape index (κ1) is 12.1. The van der Waals surface area contributed by atoms with Gasteiger partial charge < -0.3 is 9.67 Å². The molecule has 2 heterocycles. The standard InChI is InChI=1S/C12H14ClN3O/c1-2-6-16-7-5-15-12(16)11(17)9-3-4-14-10(13)8-9/h3-5,7-8,11,17H,2,6H2,1H3/t11-/m1/s1. The Balaban J connectivity index is 2.30. The van der Waals surface area contributed by atoms with E-state index in [4.69, 9.17) is 11.6 Å². The average molecular weight is 252 g/mol.